The van der Waals surface area contributed by atoms with Crippen LogP contribution >= 0.6 is 8.61 Å². The third kappa shape index (κ3) is 4.30. The summed E-state index contributed by atoms with van der Waals surface area (Å²) in [6.07, 6.45) is 0.577. The number of carboxylic acids is 1. The molecule has 0 aromatic heterocycles. The molecule has 8 heteroatoms. The molecule has 7 nitrogen and oxygen atoms in total. The lowest BCUT2D eigenvalue weighted by atomic mass is 10.1. The Bertz CT molecular complexity index is 273. The molecule has 0 aliphatic carbocycles. The summed E-state index contributed by atoms with van der Waals surface area (Å²) in [6.45, 7) is 1.17. The number of carbonyl (C=O) groups is 2. The van der Waals surface area contributed by atoms with Crippen LogP contribution in [0.1, 0.15) is 19.8 Å². The van der Waals surface area contributed by atoms with Crippen LogP contribution < -0.4 is 5.73 Å². The summed E-state index contributed by atoms with van der Waals surface area (Å²) in [4.78, 5) is 22.2. The van der Waals surface area contributed by atoms with Crippen molar-refractivity contribution in [2.45, 2.75) is 31.8 Å². The highest BCUT2D eigenvalue weighted by Gasteiger charge is 2.27. The van der Waals surface area contributed by atoms with Gasteiger partial charge in [0.2, 0.25) is 5.91 Å². The average Bonchev–Trinajstić information content (AvgIpc) is 2.26. The van der Waals surface area contributed by atoms with E-state index < -0.39 is 32.6 Å². The van der Waals surface area contributed by atoms with Gasteiger partial charge in [0.15, 0.2) is 8.61 Å². The maximum absolute atomic E-state index is 11.6. The van der Waals surface area contributed by atoms with E-state index in [0.717, 1.165) is 4.67 Å². The van der Waals surface area contributed by atoms with Crippen LogP contribution in [0, 0.1) is 0 Å². The SMILES string of the molecule is C[C@@H](C(=O)O)N([PH2]=O)C(=O)[C@@H](N)CCCO. The fraction of sp³-hybridized carbons (Fsp3) is 0.750. The van der Waals surface area contributed by atoms with Crippen molar-refractivity contribution in [3.63, 3.8) is 0 Å². The second-order valence-corrected chi connectivity index (χ2v) is 4.10. The van der Waals surface area contributed by atoms with Crippen molar-refractivity contribution in [3.05, 3.63) is 0 Å². The maximum Gasteiger partial charge on any atom is 0.326 e. The van der Waals surface area contributed by atoms with Crippen molar-refractivity contribution in [2.24, 2.45) is 5.73 Å². The van der Waals surface area contributed by atoms with Crippen LogP contribution in [0.5, 0.6) is 0 Å². The normalized spacial score (nSPS) is 14.9. The van der Waals surface area contributed by atoms with Gasteiger partial charge >= 0.3 is 5.97 Å². The van der Waals surface area contributed by atoms with Gasteiger partial charge in [0.05, 0.1) is 6.04 Å². The fourth-order valence-corrected chi connectivity index (χ4v) is 1.68. The number of nitrogens with two attached hydrogens (primary N) is 1. The van der Waals surface area contributed by atoms with E-state index in [1.54, 1.807) is 0 Å². The Labute approximate surface area is 94.5 Å². The minimum Gasteiger partial charge on any atom is -0.480 e. The molecule has 4 N–H and O–H groups in total. The molecular formula is C8H17N2O5P. The molecule has 0 aromatic carbocycles. The number of nitrogens with zero attached hydrogens (tertiary/aromatic N) is 1. The zero-order chi connectivity index (χ0) is 12.7. The predicted molar refractivity (Wildman–Crippen MR) is 58.6 cm³/mol. The van der Waals surface area contributed by atoms with Crippen LogP contribution in [-0.2, 0) is 14.2 Å². The Morgan fingerprint density at radius 1 is 1.50 bits per heavy atom. The third-order valence-corrected chi connectivity index (χ3v) is 3.06. The lowest BCUT2D eigenvalue weighted by Gasteiger charge is -2.23. The van der Waals surface area contributed by atoms with Crippen molar-refractivity contribution in [1.29, 1.82) is 0 Å². The maximum atomic E-state index is 11.6. The molecule has 0 rings (SSSR count). The minimum absolute atomic E-state index is 0.0975. The predicted octanol–water partition coefficient (Wildman–Crippen LogP) is -0.941. The minimum atomic E-state index is -1.68. The van der Waals surface area contributed by atoms with Crippen molar-refractivity contribution in [3.8, 4) is 0 Å². The highest BCUT2D eigenvalue weighted by molar-refractivity contribution is 7.22. The quantitative estimate of drug-likeness (QED) is 0.503. The van der Waals surface area contributed by atoms with Gasteiger partial charge in [-0.25, -0.2) is 4.79 Å². The van der Waals surface area contributed by atoms with Gasteiger partial charge in [0.25, 0.3) is 0 Å². The molecule has 0 aliphatic heterocycles. The van der Waals surface area contributed by atoms with Crippen molar-refractivity contribution < 1.29 is 24.4 Å². The Morgan fingerprint density at radius 2 is 2.06 bits per heavy atom. The van der Waals surface area contributed by atoms with Gasteiger partial charge in [-0.15, -0.1) is 0 Å². The van der Waals surface area contributed by atoms with Crippen LogP contribution in [0.3, 0.4) is 0 Å². The van der Waals surface area contributed by atoms with Crippen molar-refractivity contribution in [2.75, 3.05) is 6.61 Å². The first kappa shape index (κ1) is 15.1. The van der Waals surface area contributed by atoms with E-state index in [1.165, 1.54) is 6.92 Å². The highest BCUT2D eigenvalue weighted by atomic mass is 31.1. The zero-order valence-corrected chi connectivity index (χ0v) is 10.2. The van der Waals surface area contributed by atoms with E-state index in [-0.39, 0.29) is 13.0 Å². The summed E-state index contributed by atoms with van der Waals surface area (Å²) in [5.41, 5.74) is 5.50. The molecule has 0 aromatic rings. The monoisotopic (exact) mass is 252 g/mol. The van der Waals surface area contributed by atoms with Gasteiger partial charge in [-0.3, -0.25) is 9.46 Å². The van der Waals surface area contributed by atoms with E-state index >= 15 is 0 Å². The smallest absolute Gasteiger partial charge is 0.326 e. The second-order valence-electron chi connectivity index (χ2n) is 3.34. The number of hydrogen-bond acceptors (Lipinski definition) is 5. The summed E-state index contributed by atoms with van der Waals surface area (Å²) in [6, 6.07) is -2.07. The number of carboxylic acid groups (broad SMARTS) is 1. The first-order chi connectivity index (χ1) is 7.45. The van der Waals surface area contributed by atoms with Crippen LogP contribution in [-0.4, -0.2) is 45.5 Å². The second kappa shape index (κ2) is 7.38. The fourth-order valence-electron chi connectivity index (χ4n) is 1.08. The van der Waals surface area contributed by atoms with Gasteiger partial charge in [-0.1, -0.05) is 0 Å². The standard InChI is InChI=1S/C8H17N2O5P/c1-5(8(13)14)10(16-15)7(12)6(9)3-2-4-11/h5-6,11H,2-4,9,16H2,1H3,(H,13,14)/t5-,6-/m0/s1. The number of aliphatic hydroxyl groups excluding tert-OH is 1. The van der Waals surface area contributed by atoms with Gasteiger partial charge in [0, 0.05) is 6.61 Å². The summed E-state index contributed by atoms with van der Waals surface area (Å²) in [5, 5.41) is 17.2. The molecule has 94 valence electrons. The lowest BCUT2D eigenvalue weighted by molar-refractivity contribution is -0.145. The number of hydrogen-bond donors (Lipinski definition) is 3. The number of aliphatic hydroxyl groups is 1. The van der Waals surface area contributed by atoms with Crippen LogP contribution in [0.25, 0.3) is 0 Å². The number of amides is 1. The van der Waals surface area contributed by atoms with Crippen molar-refractivity contribution >= 4 is 20.5 Å². The molecule has 3 atom stereocenters. The first-order valence-electron chi connectivity index (χ1n) is 4.82. The molecular weight excluding hydrogens is 235 g/mol. The van der Waals surface area contributed by atoms with Crippen LogP contribution in [0.4, 0.5) is 0 Å². The summed E-state index contributed by atoms with van der Waals surface area (Å²) >= 11 is 0. The third-order valence-electron chi connectivity index (χ3n) is 2.13. The molecule has 0 radical (unpaired) electrons. The molecule has 0 fully saturated rings. The van der Waals surface area contributed by atoms with E-state index in [2.05, 4.69) is 0 Å². The Hall–Kier alpha value is -0.910. The molecule has 16 heavy (non-hydrogen) atoms. The van der Waals surface area contributed by atoms with Crippen molar-refractivity contribution in [1.82, 2.24) is 4.67 Å². The molecule has 1 unspecified atom stereocenters. The summed E-state index contributed by atoms with van der Waals surface area (Å²) < 4.78 is 11.6. The van der Waals surface area contributed by atoms with E-state index in [9.17, 15) is 14.2 Å². The molecule has 0 heterocycles. The Morgan fingerprint density at radius 3 is 2.44 bits per heavy atom. The van der Waals surface area contributed by atoms with Gasteiger partial charge in [-0.2, -0.15) is 0 Å². The number of aliphatic carboxylic acids is 1. The molecule has 0 spiro atoms. The largest absolute Gasteiger partial charge is 0.480 e. The van der Waals surface area contributed by atoms with Gasteiger partial charge < -0.3 is 20.5 Å². The molecule has 0 saturated carbocycles. The number of carbonyl (C=O) groups excluding carboxylic acids is 1. The first-order valence-corrected chi connectivity index (χ1v) is 5.81. The molecule has 0 aliphatic rings. The lowest BCUT2D eigenvalue weighted by Crippen LogP contribution is -2.45. The Kier molecular flexibility index (Phi) is 6.96. The summed E-state index contributed by atoms with van der Waals surface area (Å²) in [5.74, 6) is -1.89. The van der Waals surface area contributed by atoms with E-state index in [0.29, 0.717) is 6.42 Å². The highest BCUT2D eigenvalue weighted by Crippen LogP contribution is 2.14. The Balaban J connectivity index is 4.52. The van der Waals surface area contributed by atoms with Crippen LogP contribution in [0.15, 0.2) is 0 Å². The average molecular weight is 252 g/mol. The van der Waals surface area contributed by atoms with Crippen LogP contribution in [0.2, 0.25) is 0 Å². The molecule has 0 bridgehead atoms. The zero-order valence-electron chi connectivity index (χ0n) is 9.00. The summed E-state index contributed by atoms with van der Waals surface area (Å²) in [7, 11) is -1.68. The number of rotatable bonds is 7. The topological polar surface area (TPSA) is 121 Å². The van der Waals surface area contributed by atoms with Gasteiger partial charge in [0.1, 0.15) is 6.04 Å². The molecule has 1 amide bonds. The van der Waals surface area contributed by atoms with E-state index in [1.807, 2.05) is 0 Å². The van der Waals surface area contributed by atoms with Gasteiger partial charge in [-0.05, 0) is 19.8 Å². The van der Waals surface area contributed by atoms with E-state index in [4.69, 9.17) is 15.9 Å². The molecule has 0 saturated heterocycles.